The molecule has 0 aliphatic carbocycles. The van der Waals surface area contributed by atoms with E-state index in [-0.39, 0.29) is 5.91 Å². The molecule has 1 aromatic heterocycles. The standard InChI is InChI=1S/C16H20N4O/c1-12-6-7-14(10-13(12)2)20-11-15(17-18-20)16(21)19-8-4-3-5-9-19/h6-7,10-11H,3-5,8-9H2,1-2H3. The molecule has 1 aliphatic heterocycles. The van der Waals surface area contributed by atoms with Crippen LogP contribution in [0, 0.1) is 13.8 Å². The van der Waals surface area contributed by atoms with Gasteiger partial charge in [-0.1, -0.05) is 11.3 Å². The molecule has 0 saturated carbocycles. The zero-order valence-corrected chi connectivity index (χ0v) is 12.5. The second-order valence-corrected chi connectivity index (χ2v) is 5.67. The predicted molar refractivity (Wildman–Crippen MR) is 80.6 cm³/mol. The van der Waals surface area contributed by atoms with Gasteiger partial charge in [0.2, 0.25) is 0 Å². The van der Waals surface area contributed by atoms with E-state index < -0.39 is 0 Å². The number of hydrogen-bond donors (Lipinski definition) is 0. The first-order valence-corrected chi connectivity index (χ1v) is 7.44. The van der Waals surface area contributed by atoms with Gasteiger partial charge in [0, 0.05) is 13.1 Å². The molecule has 5 heteroatoms. The first kappa shape index (κ1) is 13.8. The molecule has 0 unspecified atom stereocenters. The third-order valence-corrected chi connectivity index (χ3v) is 4.11. The van der Waals surface area contributed by atoms with Crippen molar-refractivity contribution in [3.05, 3.63) is 41.2 Å². The van der Waals surface area contributed by atoms with E-state index in [1.807, 2.05) is 11.0 Å². The van der Waals surface area contributed by atoms with Crippen LogP contribution < -0.4 is 0 Å². The maximum atomic E-state index is 12.4. The Bertz CT molecular complexity index is 656. The number of benzene rings is 1. The average molecular weight is 284 g/mol. The van der Waals surface area contributed by atoms with Gasteiger partial charge in [-0.25, -0.2) is 4.68 Å². The molecule has 1 amide bonds. The van der Waals surface area contributed by atoms with E-state index >= 15 is 0 Å². The monoisotopic (exact) mass is 284 g/mol. The van der Waals surface area contributed by atoms with Crippen LogP contribution in [-0.4, -0.2) is 38.9 Å². The Labute approximate surface area is 124 Å². The Kier molecular flexibility index (Phi) is 3.73. The molecule has 5 nitrogen and oxygen atoms in total. The van der Waals surface area contributed by atoms with Crippen LogP contribution >= 0.6 is 0 Å². The number of amides is 1. The van der Waals surface area contributed by atoms with Crippen LogP contribution in [0.5, 0.6) is 0 Å². The van der Waals surface area contributed by atoms with Crippen molar-refractivity contribution in [2.24, 2.45) is 0 Å². The molecule has 2 heterocycles. The summed E-state index contributed by atoms with van der Waals surface area (Å²) < 4.78 is 1.67. The molecule has 0 spiro atoms. The van der Waals surface area contributed by atoms with Gasteiger partial charge < -0.3 is 4.90 Å². The Balaban J connectivity index is 1.82. The average Bonchev–Trinajstić information content (AvgIpc) is 3.00. The molecule has 3 rings (SSSR count). The lowest BCUT2D eigenvalue weighted by molar-refractivity contribution is 0.0718. The number of carbonyl (C=O) groups excluding carboxylic acids is 1. The molecule has 0 N–H and O–H groups in total. The summed E-state index contributed by atoms with van der Waals surface area (Å²) in [6.07, 6.45) is 5.09. The number of rotatable bonds is 2. The summed E-state index contributed by atoms with van der Waals surface area (Å²) in [4.78, 5) is 14.2. The van der Waals surface area contributed by atoms with Crippen LogP contribution in [0.2, 0.25) is 0 Å². The molecule has 1 saturated heterocycles. The summed E-state index contributed by atoms with van der Waals surface area (Å²) in [6.45, 7) is 5.80. The zero-order valence-electron chi connectivity index (χ0n) is 12.5. The molecule has 1 aliphatic rings. The fourth-order valence-corrected chi connectivity index (χ4v) is 2.62. The number of likely N-dealkylation sites (tertiary alicyclic amines) is 1. The fraction of sp³-hybridized carbons (Fsp3) is 0.438. The maximum absolute atomic E-state index is 12.4. The van der Waals surface area contributed by atoms with E-state index in [1.165, 1.54) is 17.5 Å². The number of carbonyl (C=O) groups is 1. The van der Waals surface area contributed by atoms with E-state index in [9.17, 15) is 4.79 Å². The molecule has 0 atom stereocenters. The summed E-state index contributed by atoms with van der Waals surface area (Å²) >= 11 is 0. The number of piperidine rings is 1. The number of hydrogen-bond acceptors (Lipinski definition) is 3. The van der Waals surface area contributed by atoms with Crippen molar-refractivity contribution in [2.45, 2.75) is 33.1 Å². The Morgan fingerprint density at radius 1 is 1.10 bits per heavy atom. The van der Waals surface area contributed by atoms with Gasteiger partial charge in [-0.2, -0.15) is 0 Å². The van der Waals surface area contributed by atoms with E-state index in [2.05, 4.69) is 36.3 Å². The Morgan fingerprint density at radius 3 is 2.57 bits per heavy atom. The molecule has 0 bridgehead atoms. The van der Waals surface area contributed by atoms with E-state index in [0.29, 0.717) is 5.69 Å². The minimum Gasteiger partial charge on any atom is -0.337 e. The van der Waals surface area contributed by atoms with Crippen molar-refractivity contribution in [1.29, 1.82) is 0 Å². The molecule has 1 aromatic carbocycles. The lowest BCUT2D eigenvalue weighted by Crippen LogP contribution is -2.35. The zero-order chi connectivity index (χ0) is 14.8. The van der Waals surface area contributed by atoms with Crippen molar-refractivity contribution in [2.75, 3.05) is 13.1 Å². The topological polar surface area (TPSA) is 51.0 Å². The second kappa shape index (κ2) is 5.68. The molecular formula is C16H20N4O. The Morgan fingerprint density at radius 2 is 1.86 bits per heavy atom. The van der Waals surface area contributed by atoms with Gasteiger partial charge in [0.25, 0.3) is 5.91 Å². The quantitative estimate of drug-likeness (QED) is 0.851. The van der Waals surface area contributed by atoms with Crippen LogP contribution in [-0.2, 0) is 0 Å². The van der Waals surface area contributed by atoms with Crippen molar-refractivity contribution in [3.8, 4) is 5.69 Å². The molecular weight excluding hydrogens is 264 g/mol. The van der Waals surface area contributed by atoms with E-state index in [1.54, 1.807) is 10.9 Å². The summed E-state index contributed by atoms with van der Waals surface area (Å²) in [5.41, 5.74) is 3.80. The highest BCUT2D eigenvalue weighted by Crippen LogP contribution is 2.15. The van der Waals surface area contributed by atoms with E-state index in [4.69, 9.17) is 0 Å². The summed E-state index contributed by atoms with van der Waals surface area (Å²) in [5.74, 6) is -0.00946. The first-order chi connectivity index (χ1) is 10.1. The molecule has 110 valence electrons. The minimum absolute atomic E-state index is 0.00946. The fourth-order valence-electron chi connectivity index (χ4n) is 2.62. The number of aryl methyl sites for hydroxylation is 2. The third kappa shape index (κ3) is 2.82. The second-order valence-electron chi connectivity index (χ2n) is 5.67. The molecule has 1 fully saturated rings. The van der Waals surface area contributed by atoms with Gasteiger partial charge >= 0.3 is 0 Å². The van der Waals surface area contributed by atoms with Gasteiger partial charge in [0.15, 0.2) is 5.69 Å². The van der Waals surface area contributed by atoms with Crippen molar-refractivity contribution in [3.63, 3.8) is 0 Å². The van der Waals surface area contributed by atoms with Crippen molar-refractivity contribution >= 4 is 5.91 Å². The van der Waals surface area contributed by atoms with Crippen LogP contribution in [0.1, 0.15) is 40.9 Å². The summed E-state index contributed by atoms with van der Waals surface area (Å²) in [6, 6.07) is 6.10. The first-order valence-electron chi connectivity index (χ1n) is 7.44. The molecule has 21 heavy (non-hydrogen) atoms. The highest BCUT2D eigenvalue weighted by atomic mass is 16.2. The highest BCUT2D eigenvalue weighted by Gasteiger charge is 2.21. The van der Waals surface area contributed by atoms with Gasteiger partial charge in [0.1, 0.15) is 0 Å². The smallest absolute Gasteiger partial charge is 0.276 e. The largest absolute Gasteiger partial charge is 0.337 e. The van der Waals surface area contributed by atoms with Gasteiger partial charge in [-0.15, -0.1) is 5.10 Å². The Hall–Kier alpha value is -2.17. The predicted octanol–water partition coefficient (Wildman–Crippen LogP) is 2.51. The van der Waals surface area contributed by atoms with Gasteiger partial charge in [-0.05, 0) is 56.4 Å². The lowest BCUT2D eigenvalue weighted by Gasteiger charge is -2.25. The van der Waals surface area contributed by atoms with E-state index in [0.717, 1.165) is 31.6 Å². The van der Waals surface area contributed by atoms with Crippen molar-refractivity contribution < 1.29 is 4.79 Å². The maximum Gasteiger partial charge on any atom is 0.276 e. The minimum atomic E-state index is -0.00946. The highest BCUT2D eigenvalue weighted by molar-refractivity contribution is 5.92. The summed E-state index contributed by atoms with van der Waals surface area (Å²) in [7, 11) is 0. The molecule has 0 radical (unpaired) electrons. The number of aromatic nitrogens is 3. The third-order valence-electron chi connectivity index (χ3n) is 4.11. The SMILES string of the molecule is Cc1ccc(-n2cc(C(=O)N3CCCCC3)nn2)cc1C. The molecule has 2 aromatic rings. The van der Waals surface area contributed by atoms with Crippen LogP contribution in [0.15, 0.2) is 24.4 Å². The van der Waals surface area contributed by atoms with Crippen LogP contribution in [0.3, 0.4) is 0 Å². The lowest BCUT2D eigenvalue weighted by atomic mass is 10.1. The van der Waals surface area contributed by atoms with Crippen molar-refractivity contribution in [1.82, 2.24) is 19.9 Å². The van der Waals surface area contributed by atoms with Gasteiger partial charge in [0.05, 0.1) is 11.9 Å². The number of nitrogens with zero attached hydrogens (tertiary/aromatic N) is 4. The van der Waals surface area contributed by atoms with Crippen LogP contribution in [0.25, 0.3) is 5.69 Å². The summed E-state index contributed by atoms with van der Waals surface area (Å²) in [5, 5.41) is 8.13. The normalized spacial score (nSPS) is 15.2. The van der Waals surface area contributed by atoms with Gasteiger partial charge in [-0.3, -0.25) is 4.79 Å². The van der Waals surface area contributed by atoms with Crippen LogP contribution in [0.4, 0.5) is 0 Å².